The molecule has 1 heterocycles. The molecule has 2 aromatic rings. The molecule has 0 aliphatic rings. The first-order chi connectivity index (χ1) is 8.16. The van der Waals surface area contributed by atoms with Gasteiger partial charge in [0.05, 0.1) is 16.0 Å². The number of hydrogen-bond donors (Lipinski definition) is 0. The van der Waals surface area contributed by atoms with E-state index >= 15 is 0 Å². The molecule has 0 spiro atoms. The van der Waals surface area contributed by atoms with Crippen LogP contribution in [-0.2, 0) is 0 Å². The molecule has 6 heteroatoms. The van der Waals surface area contributed by atoms with Crippen molar-refractivity contribution in [2.45, 2.75) is 0 Å². The van der Waals surface area contributed by atoms with Crippen molar-refractivity contribution in [2.24, 2.45) is 0 Å². The van der Waals surface area contributed by atoms with Crippen molar-refractivity contribution in [1.29, 1.82) is 0 Å². The first-order valence-corrected chi connectivity index (χ1v) is 5.96. The quantitative estimate of drug-likeness (QED) is 0.786. The Hall–Kier alpha value is -1.57. The summed E-state index contributed by atoms with van der Waals surface area (Å²) >= 11 is 2.09. The Morgan fingerprint density at radius 2 is 2.12 bits per heavy atom. The van der Waals surface area contributed by atoms with Crippen LogP contribution in [0.2, 0.25) is 0 Å². The molecule has 88 valence electrons. The summed E-state index contributed by atoms with van der Waals surface area (Å²) in [7, 11) is 1.64. The Labute approximate surface area is 112 Å². The smallest absolute Gasteiger partial charge is 0.299 e. The van der Waals surface area contributed by atoms with Crippen molar-refractivity contribution in [1.82, 2.24) is 9.94 Å². The lowest BCUT2D eigenvalue weighted by atomic mass is 10.3. The van der Waals surface area contributed by atoms with E-state index in [0.717, 1.165) is 14.1 Å². The minimum atomic E-state index is -0.490. The van der Waals surface area contributed by atoms with E-state index < -0.39 is 6.09 Å². The van der Waals surface area contributed by atoms with Gasteiger partial charge >= 0.3 is 6.09 Å². The van der Waals surface area contributed by atoms with Crippen molar-refractivity contribution in [3.8, 4) is 0 Å². The summed E-state index contributed by atoms with van der Waals surface area (Å²) in [4.78, 5) is 19.4. The van der Waals surface area contributed by atoms with E-state index in [-0.39, 0.29) is 0 Å². The van der Waals surface area contributed by atoms with Crippen molar-refractivity contribution in [3.05, 3.63) is 46.3 Å². The Balaban J connectivity index is 2.06. The summed E-state index contributed by atoms with van der Waals surface area (Å²) in [6.45, 7) is 0. The SMILES string of the molecule is CN(C(=O)On1cc(I)cn1)c1ccccc1. The number of carbonyl (C=O) groups is 1. The zero-order chi connectivity index (χ0) is 12.3. The molecule has 2 rings (SSSR count). The van der Waals surface area contributed by atoms with Gasteiger partial charge in [0.1, 0.15) is 0 Å². The van der Waals surface area contributed by atoms with Crippen LogP contribution in [0, 0.1) is 3.57 Å². The van der Waals surface area contributed by atoms with Crippen molar-refractivity contribution in [3.63, 3.8) is 0 Å². The molecule has 0 aliphatic carbocycles. The molecule has 0 unspecified atom stereocenters. The van der Waals surface area contributed by atoms with Gasteiger partial charge in [-0.1, -0.05) is 23.0 Å². The molecule has 0 bridgehead atoms. The van der Waals surface area contributed by atoms with Gasteiger partial charge in [-0.3, -0.25) is 9.74 Å². The van der Waals surface area contributed by atoms with Gasteiger partial charge < -0.3 is 0 Å². The fourth-order valence-electron chi connectivity index (χ4n) is 1.23. The second kappa shape index (κ2) is 5.17. The zero-order valence-electron chi connectivity index (χ0n) is 9.08. The molecular formula is C11H10IN3O2. The summed E-state index contributed by atoms with van der Waals surface area (Å²) < 4.78 is 0.901. The van der Waals surface area contributed by atoms with Gasteiger partial charge in [0.25, 0.3) is 0 Å². The molecule has 0 saturated carbocycles. The Kier molecular flexibility index (Phi) is 3.62. The van der Waals surface area contributed by atoms with Crippen LogP contribution in [0.15, 0.2) is 42.7 Å². The fourth-order valence-corrected chi connectivity index (χ4v) is 1.60. The maximum atomic E-state index is 11.8. The van der Waals surface area contributed by atoms with E-state index in [2.05, 4.69) is 27.7 Å². The molecule has 0 aliphatic heterocycles. The summed E-state index contributed by atoms with van der Waals surface area (Å²) in [5.41, 5.74) is 0.763. The highest BCUT2D eigenvalue weighted by Gasteiger charge is 2.13. The lowest BCUT2D eigenvalue weighted by Gasteiger charge is -2.15. The van der Waals surface area contributed by atoms with Crippen molar-refractivity contribution >= 4 is 34.4 Å². The second-order valence-corrected chi connectivity index (χ2v) is 4.56. The monoisotopic (exact) mass is 343 g/mol. The largest absolute Gasteiger partial charge is 0.440 e. The van der Waals surface area contributed by atoms with Gasteiger partial charge in [-0.25, -0.2) is 4.79 Å². The zero-order valence-corrected chi connectivity index (χ0v) is 11.2. The average molecular weight is 343 g/mol. The number of halogens is 1. The molecule has 0 saturated heterocycles. The van der Waals surface area contributed by atoms with E-state index in [1.807, 2.05) is 30.3 Å². The van der Waals surface area contributed by atoms with Gasteiger partial charge in [-0.15, -0.1) is 5.10 Å². The number of carbonyl (C=O) groups excluding carboxylic acids is 1. The third-order valence-corrected chi connectivity index (χ3v) is 2.67. The van der Waals surface area contributed by atoms with Gasteiger partial charge in [0.15, 0.2) is 0 Å². The van der Waals surface area contributed by atoms with Gasteiger partial charge in [-0.2, -0.15) is 0 Å². The van der Waals surface area contributed by atoms with Crippen LogP contribution in [-0.4, -0.2) is 23.1 Å². The number of para-hydroxylation sites is 1. The van der Waals surface area contributed by atoms with E-state index in [4.69, 9.17) is 4.84 Å². The second-order valence-electron chi connectivity index (χ2n) is 3.31. The lowest BCUT2D eigenvalue weighted by Crippen LogP contribution is -2.34. The minimum Gasteiger partial charge on any atom is -0.299 e. The van der Waals surface area contributed by atoms with Gasteiger partial charge in [-0.05, 0) is 34.7 Å². The van der Waals surface area contributed by atoms with E-state index in [1.165, 1.54) is 4.90 Å². The van der Waals surface area contributed by atoms with Gasteiger partial charge in [0.2, 0.25) is 0 Å². The highest BCUT2D eigenvalue weighted by molar-refractivity contribution is 14.1. The third-order valence-electron chi connectivity index (χ3n) is 2.12. The summed E-state index contributed by atoms with van der Waals surface area (Å²) in [6.07, 6.45) is 2.74. The predicted octanol–water partition coefficient (Wildman–Crippen LogP) is 2.17. The topological polar surface area (TPSA) is 47.4 Å². The Morgan fingerprint density at radius 3 is 2.71 bits per heavy atom. The summed E-state index contributed by atoms with van der Waals surface area (Å²) in [5, 5.41) is 3.87. The molecule has 1 amide bonds. The van der Waals surface area contributed by atoms with Crippen molar-refractivity contribution < 1.29 is 9.63 Å². The van der Waals surface area contributed by atoms with Crippen LogP contribution in [0.1, 0.15) is 0 Å². The number of rotatable bonds is 2. The third kappa shape index (κ3) is 2.96. The normalized spacial score (nSPS) is 10.0. The molecule has 1 aromatic carbocycles. The molecule has 0 radical (unpaired) electrons. The molecule has 5 nitrogen and oxygen atoms in total. The van der Waals surface area contributed by atoms with E-state index in [9.17, 15) is 4.79 Å². The molecule has 0 atom stereocenters. The van der Waals surface area contributed by atoms with E-state index in [1.54, 1.807) is 19.4 Å². The predicted molar refractivity (Wildman–Crippen MR) is 71.8 cm³/mol. The van der Waals surface area contributed by atoms with Crippen LogP contribution >= 0.6 is 22.6 Å². The maximum Gasteiger partial charge on any atom is 0.440 e. The standard InChI is InChI=1S/C11H10IN3O2/c1-14(10-5-3-2-4-6-10)11(16)17-15-8-9(12)7-13-15/h2-8H,1H3. The first kappa shape index (κ1) is 11.9. The number of benzene rings is 1. The van der Waals surface area contributed by atoms with Crippen LogP contribution < -0.4 is 9.74 Å². The highest BCUT2D eigenvalue weighted by Crippen LogP contribution is 2.11. The average Bonchev–Trinajstić information content (AvgIpc) is 2.75. The highest BCUT2D eigenvalue weighted by atomic mass is 127. The Morgan fingerprint density at radius 1 is 1.41 bits per heavy atom. The Bertz CT molecular complexity index is 512. The molecule has 1 aromatic heterocycles. The fraction of sp³-hybridized carbons (Fsp3) is 0.0909. The van der Waals surface area contributed by atoms with E-state index in [0.29, 0.717) is 0 Å². The number of hydrogen-bond acceptors (Lipinski definition) is 3. The van der Waals surface area contributed by atoms with Crippen LogP contribution in [0.4, 0.5) is 10.5 Å². The number of amides is 1. The number of aromatic nitrogens is 2. The lowest BCUT2D eigenvalue weighted by molar-refractivity contribution is 0.124. The summed E-state index contributed by atoms with van der Waals surface area (Å²) in [5.74, 6) is 0. The van der Waals surface area contributed by atoms with Crippen LogP contribution in [0.25, 0.3) is 0 Å². The molecule has 0 fully saturated rings. The molecule has 17 heavy (non-hydrogen) atoms. The number of nitrogens with zero attached hydrogens (tertiary/aromatic N) is 3. The summed E-state index contributed by atoms with van der Waals surface area (Å²) in [6, 6.07) is 9.26. The van der Waals surface area contributed by atoms with Crippen LogP contribution in [0.3, 0.4) is 0 Å². The van der Waals surface area contributed by atoms with Crippen LogP contribution in [0.5, 0.6) is 0 Å². The van der Waals surface area contributed by atoms with Crippen molar-refractivity contribution in [2.75, 3.05) is 11.9 Å². The first-order valence-electron chi connectivity index (χ1n) is 4.88. The molecular weight excluding hydrogens is 333 g/mol. The number of anilines is 1. The minimum absolute atomic E-state index is 0.490. The maximum absolute atomic E-state index is 11.8. The molecule has 0 N–H and O–H groups in total. The van der Waals surface area contributed by atoms with Gasteiger partial charge in [0, 0.05) is 12.7 Å².